The Labute approximate surface area is 124 Å². The lowest BCUT2D eigenvalue weighted by Crippen LogP contribution is -2.15. The van der Waals surface area contributed by atoms with Crippen molar-refractivity contribution in [2.75, 3.05) is 11.8 Å². The summed E-state index contributed by atoms with van der Waals surface area (Å²) in [5.41, 5.74) is 1.57. The molecule has 0 atom stereocenters. The van der Waals surface area contributed by atoms with Gasteiger partial charge in [-0.25, -0.2) is 12.8 Å². The van der Waals surface area contributed by atoms with Crippen molar-refractivity contribution in [1.29, 1.82) is 0 Å². The molecule has 0 fully saturated rings. The fourth-order valence-corrected chi connectivity index (χ4v) is 3.08. The Kier molecular flexibility index (Phi) is 4.59. The second kappa shape index (κ2) is 6.24. The number of aryl methyl sites for hydroxylation is 1. The number of halogens is 1. The van der Waals surface area contributed by atoms with E-state index in [9.17, 15) is 12.8 Å². The lowest BCUT2D eigenvalue weighted by molar-refractivity contribution is 0.598. The van der Waals surface area contributed by atoms with Crippen LogP contribution >= 0.6 is 0 Å². The van der Waals surface area contributed by atoms with Gasteiger partial charge in [0.05, 0.1) is 10.6 Å². The van der Waals surface area contributed by atoms with Crippen LogP contribution in [0, 0.1) is 12.7 Å². The molecule has 21 heavy (non-hydrogen) atoms. The first-order valence-corrected chi connectivity index (χ1v) is 7.93. The Morgan fingerprint density at radius 3 is 2.62 bits per heavy atom. The molecule has 2 rings (SSSR count). The summed E-state index contributed by atoms with van der Waals surface area (Å²) in [6, 6.07) is 10.8. The van der Waals surface area contributed by atoms with Gasteiger partial charge in [0.25, 0.3) is 10.0 Å². The van der Waals surface area contributed by atoms with Crippen molar-refractivity contribution in [2.45, 2.75) is 18.4 Å². The Bertz CT molecular complexity index is 745. The predicted octanol–water partition coefficient (Wildman–Crippen LogP) is 2.65. The Morgan fingerprint density at radius 1 is 1.14 bits per heavy atom. The minimum atomic E-state index is -3.81. The van der Waals surface area contributed by atoms with Crippen LogP contribution in [0.1, 0.15) is 11.1 Å². The van der Waals surface area contributed by atoms with E-state index in [1.54, 1.807) is 32.2 Å². The molecule has 2 aromatic rings. The molecule has 2 aromatic carbocycles. The first-order chi connectivity index (χ1) is 9.92. The van der Waals surface area contributed by atoms with Crippen LogP contribution in [0.5, 0.6) is 0 Å². The van der Waals surface area contributed by atoms with E-state index in [2.05, 4.69) is 10.0 Å². The van der Waals surface area contributed by atoms with Gasteiger partial charge in [0.15, 0.2) is 0 Å². The normalized spacial score (nSPS) is 11.4. The zero-order chi connectivity index (χ0) is 15.5. The number of rotatable bonds is 5. The van der Waals surface area contributed by atoms with E-state index in [-0.39, 0.29) is 10.6 Å². The Morgan fingerprint density at radius 2 is 1.90 bits per heavy atom. The van der Waals surface area contributed by atoms with Crippen LogP contribution in [0.2, 0.25) is 0 Å². The number of benzene rings is 2. The van der Waals surface area contributed by atoms with Crippen molar-refractivity contribution in [2.24, 2.45) is 0 Å². The molecular weight excluding hydrogens is 291 g/mol. The maximum absolute atomic E-state index is 13.7. The molecule has 0 aromatic heterocycles. The largest absolute Gasteiger partial charge is 0.316 e. The second-order valence-corrected chi connectivity index (χ2v) is 6.45. The average molecular weight is 308 g/mol. The predicted molar refractivity (Wildman–Crippen MR) is 81.2 cm³/mol. The molecular formula is C15H17FN2O2S. The average Bonchev–Trinajstić information content (AvgIpc) is 2.43. The molecule has 0 saturated heterocycles. The fourth-order valence-electron chi connectivity index (χ4n) is 1.95. The van der Waals surface area contributed by atoms with E-state index in [1.165, 1.54) is 18.2 Å². The highest BCUT2D eigenvalue weighted by molar-refractivity contribution is 7.92. The first kappa shape index (κ1) is 15.5. The van der Waals surface area contributed by atoms with Gasteiger partial charge >= 0.3 is 0 Å². The van der Waals surface area contributed by atoms with Crippen molar-refractivity contribution in [3.63, 3.8) is 0 Å². The van der Waals surface area contributed by atoms with Crippen LogP contribution < -0.4 is 10.0 Å². The first-order valence-electron chi connectivity index (χ1n) is 6.45. The number of nitrogens with one attached hydrogen (secondary N) is 2. The third-order valence-corrected chi connectivity index (χ3v) is 4.32. The quantitative estimate of drug-likeness (QED) is 0.893. The zero-order valence-corrected chi connectivity index (χ0v) is 12.7. The summed E-state index contributed by atoms with van der Waals surface area (Å²) >= 11 is 0. The molecule has 0 spiro atoms. The molecule has 0 radical (unpaired) electrons. The molecule has 4 nitrogen and oxygen atoms in total. The van der Waals surface area contributed by atoms with Gasteiger partial charge in [0, 0.05) is 6.54 Å². The van der Waals surface area contributed by atoms with Gasteiger partial charge in [-0.05, 0) is 49.4 Å². The zero-order valence-electron chi connectivity index (χ0n) is 11.9. The summed E-state index contributed by atoms with van der Waals surface area (Å²) in [4.78, 5) is 0.108. The van der Waals surface area contributed by atoms with E-state index in [4.69, 9.17) is 0 Å². The van der Waals surface area contributed by atoms with E-state index < -0.39 is 15.8 Å². The van der Waals surface area contributed by atoms with E-state index in [0.29, 0.717) is 6.54 Å². The highest BCUT2D eigenvalue weighted by Gasteiger charge is 2.16. The van der Waals surface area contributed by atoms with E-state index >= 15 is 0 Å². The SMILES string of the molecule is CNCc1cccc(S(=O)(=O)Nc2cc(C)ccc2F)c1. The molecule has 2 N–H and O–H groups in total. The summed E-state index contributed by atoms with van der Waals surface area (Å²) in [6.45, 7) is 2.33. The van der Waals surface area contributed by atoms with Gasteiger partial charge in [-0.1, -0.05) is 18.2 Å². The lowest BCUT2D eigenvalue weighted by Gasteiger charge is -2.10. The van der Waals surface area contributed by atoms with Crippen LogP contribution in [0.25, 0.3) is 0 Å². The molecule has 112 valence electrons. The van der Waals surface area contributed by atoms with E-state index in [0.717, 1.165) is 11.1 Å². The molecule has 0 unspecified atom stereocenters. The Hall–Kier alpha value is -1.92. The van der Waals surface area contributed by atoms with Crippen molar-refractivity contribution < 1.29 is 12.8 Å². The maximum Gasteiger partial charge on any atom is 0.261 e. The molecule has 6 heteroatoms. The third-order valence-electron chi connectivity index (χ3n) is 2.96. The third kappa shape index (κ3) is 3.80. The second-order valence-electron chi connectivity index (χ2n) is 4.77. The van der Waals surface area contributed by atoms with Crippen molar-refractivity contribution in [1.82, 2.24) is 5.32 Å². The van der Waals surface area contributed by atoms with Gasteiger partial charge in [0.1, 0.15) is 5.82 Å². The molecule has 0 aliphatic heterocycles. The highest BCUT2D eigenvalue weighted by Crippen LogP contribution is 2.21. The van der Waals surface area contributed by atoms with Gasteiger partial charge in [-0.15, -0.1) is 0 Å². The Balaban J connectivity index is 2.34. The topological polar surface area (TPSA) is 58.2 Å². The number of hydrogen-bond donors (Lipinski definition) is 2. The van der Waals surface area contributed by atoms with Crippen LogP contribution in [-0.4, -0.2) is 15.5 Å². The monoisotopic (exact) mass is 308 g/mol. The highest BCUT2D eigenvalue weighted by atomic mass is 32.2. The molecule has 0 bridgehead atoms. The van der Waals surface area contributed by atoms with Crippen molar-refractivity contribution in [3.05, 3.63) is 59.4 Å². The van der Waals surface area contributed by atoms with Crippen LogP contribution in [0.3, 0.4) is 0 Å². The minimum absolute atomic E-state index is 0.0472. The van der Waals surface area contributed by atoms with Crippen LogP contribution in [-0.2, 0) is 16.6 Å². The molecule has 0 saturated carbocycles. The van der Waals surface area contributed by atoms with Gasteiger partial charge in [-0.2, -0.15) is 0 Å². The summed E-state index contributed by atoms with van der Waals surface area (Å²) in [5.74, 6) is -0.601. The maximum atomic E-state index is 13.7. The summed E-state index contributed by atoms with van der Waals surface area (Å²) in [7, 11) is -2.03. The molecule has 0 aliphatic rings. The lowest BCUT2D eigenvalue weighted by atomic mass is 10.2. The van der Waals surface area contributed by atoms with Gasteiger partial charge in [0.2, 0.25) is 0 Å². The van der Waals surface area contributed by atoms with Crippen LogP contribution in [0.15, 0.2) is 47.4 Å². The number of anilines is 1. The van der Waals surface area contributed by atoms with Crippen molar-refractivity contribution in [3.8, 4) is 0 Å². The summed E-state index contributed by atoms with van der Waals surface area (Å²) in [5, 5.41) is 2.95. The van der Waals surface area contributed by atoms with Gasteiger partial charge in [-0.3, -0.25) is 4.72 Å². The van der Waals surface area contributed by atoms with E-state index in [1.807, 2.05) is 6.07 Å². The van der Waals surface area contributed by atoms with Crippen LogP contribution in [0.4, 0.5) is 10.1 Å². The number of sulfonamides is 1. The summed E-state index contributed by atoms with van der Waals surface area (Å²) < 4.78 is 40.6. The standard InChI is InChI=1S/C15H17FN2O2S/c1-11-6-7-14(16)15(8-11)18-21(19,20)13-5-3-4-12(9-13)10-17-2/h3-9,17-18H,10H2,1-2H3. The molecule has 0 heterocycles. The fraction of sp³-hybridized carbons (Fsp3) is 0.200. The number of hydrogen-bond acceptors (Lipinski definition) is 3. The van der Waals surface area contributed by atoms with Crippen molar-refractivity contribution >= 4 is 15.7 Å². The minimum Gasteiger partial charge on any atom is -0.316 e. The smallest absolute Gasteiger partial charge is 0.261 e. The molecule has 0 aliphatic carbocycles. The van der Waals surface area contributed by atoms with Gasteiger partial charge < -0.3 is 5.32 Å². The molecule has 0 amide bonds. The summed E-state index contributed by atoms with van der Waals surface area (Å²) in [6.07, 6.45) is 0.